The van der Waals surface area contributed by atoms with Crippen LogP contribution in [0.2, 0.25) is 10.0 Å². The fourth-order valence-corrected chi connectivity index (χ4v) is 5.24. The lowest BCUT2D eigenvalue weighted by Crippen LogP contribution is -2.44. The van der Waals surface area contributed by atoms with Crippen LogP contribution in [0.25, 0.3) is 0 Å². The maximum Gasteiger partial charge on any atom is 0.573 e. The van der Waals surface area contributed by atoms with Crippen LogP contribution in [0.1, 0.15) is 18.4 Å². The second-order valence-electron chi connectivity index (χ2n) is 7.26. The van der Waals surface area contributed by atoms with Crippen molar-refractivity contribution in [1.29, 1.82) is 0 Å². The molecule has 1 saturated heterocycles. The third kappa shape index (κ3) is 6.74. The molecule has 2 aromatic rings. The quantitative estimate of drug-likeness (QED) is 0.588. The fourth-order valence-electron chi connectivity index (χ4n) is 3.32. The van der Waals surface area contributed by atoms with E-state index in [1.54, 1.807) is 6.07 Å². The Hall–Kier alpha value is -2.01. The first-order chi connectivity index (χ1) is 14.9. The number of benzene rings is 2. The van der Waals surface area contributed by atoms with Gasteiger partial charge in [-0.15, -0.1) is 13.2 Å². The number of nitrogens with one attached hydrogen (secondary N) is 1. The van der Waals surface area contributed by atoms with E-state index < -0.39 is 34.0 Å². The van der Waals surface area contributed by atoms with Crippen molar-refractivity contribution in [1.82, 2.24) is 4.31 Å². The van der Waals surface area contributed by atoms with Crippen LogP contribution in [-0.2, 0) is 20.6 Å². The third-order valence-corrected chi connectivity index (χ3v) is 7.39. The first-order valence-corrected chi connectivity index (χ1v) is 11.9. The molecule has 1 aliphatic heterocycles. The van der Waals surface area contributed by atoms with Crippen LogP contribution >= 0.6 is 23.2 Å². The second-order valence-corrected chi connectivity index (χ2v) is 10.0. The highest BCUT2D eigenvalue weighted by molar-refractivity contribution is 7.88. The summed E-state index contributed by atoms with van der Waals surface area (Å²) in [6.07, 6.45) is -3.82. The highest BCUT2D eigenvalue weighted by Gasteiger charge is 2.33. The molecule has 1 fully saturated rings. The molecule has 12 heteroatoms. The van der Waals surface area contributed by atoms with Crippen molar-refractivity contribution < 1.29 is 31.1 Å². The molecule has 1 heterocycles. The van der Waals surface area contributed by atoms with Gasteiger partial charge in [0, 0.05) is 18.8 Å². The normalized spacial score (nSPS) is 17.7. The van der Waals surface area contributed by atoms with Crippen molar-refractivity contribution in [2.75, 3.05) is 18.4 Å². The van der Waals surface area contributed by atoms with E-state index in [0.717, 1.165) is 12.1 Å². The zero-order chi connectivity index (χ0) is 23.5. The molecule has 0 radical (unpaired) electrons. The van der Waals surface area contributed by atoms with Crippen LogP contribution in [0.5, 0.6) is 5.75 Å². The molecular formula is C20H19Cl2F3N2O4S. The summed E-state index contributed by atoms with van der Waals surface area (Å²) in [5.74, 6) is -1.70. The Morgan fingerprint density at radius 2 is 1.81 bits per heavy atom. The van der Waals surface area contributed by atoms with Crippen molar-refractivity contribution in [3.05, 3.63) is 58.1 Å². The number of amides is 1. The van der Waals surface area contributed by atoms with Gasteiger partial charge in [0.2, 0.25) is 15.9 Å². The van der Waals surface area contributed by atoms with Crippen molar-refractivity contribution in [2.45, 2.75) is 25.0 Å². The maximum absolute atomic E-state index is 12.8. The number of ether oxygens (including phenoxy) is 1. The van der Waals surface area contributed by atoms with Crippen LogP contribution in [0, 0.1) is 5.92 Å². The average molecular weight is 511 g/mol. The minimum absolute atomic E-state index is 0.00472. The van der Waals surface area contributed by atoms with Crippen LogP contribution in [-0.4, -0.2) is 38.1 Å². The van der Waals surface area contributed by atoms with E-state index in [9.17, 15) is 26.4 Å². The van der Waals surface area contributed by atoms with Gasteiger partial charge in [-0.1, -0.05) is 29.3 Å². The third-order valence-electron chi connectivity index (χ3n) is 4.84. The molecule has 2 aromatic carbocycles. The molecule has 32 heavy (non-hydrogen) atoms. The van der Waals surface area contributed by atoms with Gasteiger partial charge in [-0.25, -0.2) is 12.7 Å². The topological polar surface area (TPSA) is 75.7 Å². The summed E-state index contributed by atoms with van der Waals surface area (Å²) in [4.78, 5) is 12.6. The number of sulfonamides is 1. The molecule has 1 aliphatic rings. The minimum atomic E-state index is -4.81. The Morgan fingerprint density at radius 1 is 1.12 bits per heavy atom. The number of alkyl halides is 3. The lowest BCUT2D eigenvalue weighted by atomic mass is 9.99. The molecule has 0 saturated carbocycles. The minimum Gasteiger partial charge on any atom is -0.406 e. The lowest BCUT2D eigenvalue weighted by Gasteiger charge is -2.31. The summed E-state index contributed by atoms with van der Waals surface area (Å²) in [5, 5.41) is 3.18. The summed E-state index contributed by atoms with van der Waals surface area (Å²) in [6, 6.07) is 9.30. The second kappa shape index (κ2) is 9.86. The molecule has 6 nitrogen and oxygen atoms in total. The van der Waals surface area contributed by atoms with Crippen molar-refractivity contribution in [3.63, 3.8) is 0 Å². The van der Waals surface area contributed by atoms with E-state index in [4.69, 9.17) is 23.2 Å². The van der Waals surface area contributed by atoms with Gasteiger partial charge in [-0.05, 0) is 54.8 Å². The van der Waals surface area contributed by atoms with Gasteiger partial charge in [-0.3, -0.25) is 4.79 Å². The molecule has 0 unspecified atom stereocenters. The number of halogens is 5. The summed E-state index contributed by atoms with van der Waals surface area (Å²) in [7, 11) is -3.70. The Balaban J connectivity index is 1.62. The average Bonchev–Trinajstić information content (AvgIpc) is 2.71. The molecule has 1 atom stereocenters. The standard InChI is InChI=1S/C20H19Cl2F3N2O4S/c21-17-8-3-13(10-18(17)22)12-32(29,30)27-9-1-2-14(11-27)19(28)26-15-4-6-16(7-5-15)31-20(23,24)25/h3-8,10,14H,1-2,9,11-12H2,(H,26,28)/t14-/m0/s1. The smallest absolute Gasteiger partial charge is 0.406 e. The van der Waals surface area contributed by atoms with Gasteiger partial charge >= 0.3 is 6.36 Å². The zero-order valence-corrected chi connectivity index (χ0v) is 18.9. The van der Waals surface area contributed by atoms with E-state index in [1.165, 1.54) is 28.6 Å². The molecule has 3 rings (SSSR count). The number of rotatable bonds is 6. The Bertz CT molecular complexity index is 1080. The summed E-state index contributed by atoms with van der Waals surface area (Å²) in [6.45, 7) is 0.293. The predicted octanol–water partition coefficient (Wildman–Crippen LogP) is 5.07. The van der Waals surface area contributed by atoms with E-state index in [1.807, 2.05) is 0 Å². The van der Waals surface area contributed by atoms with Gasteiger partial charge in [0.15, 0.2) is 0 Å². The fraction of sp³-hybridized carbons (Fsp3) is 0.350. The molecule has 0 bridgehead atoms. The van der Waals surface area contributed by atoms with Gasteiger partial charge in [-0.2, -0.15) is 0 Å². The Morgan fingerprint density at radius 3 is 2.44 bits per heavy atom. The highest BCUT2D eigenvalue weighted by atomic mass is 35.5. The Labute approximate surface area is 193 Å². The van der Waals surface area contributed by atoms with Gasteiger partial charge < -0.3 is 10.1 Å². The number of hydrogen-bond donors (Lipinski definition) is 1. The van der Waals surface area contributed by atoms with Crippen molar-refractivity contribution >= 4 is 44.8 Å². The largest absolute Gasteiger partial charge is 0.573 e. The molecule has 0 spiro atoms. The van der Waals surface area contributed by atoms with Gasteiger partial charge in [0.05, 0.1) is 21.7 Å². The zero-order valence-electron chi connectivity index (χ0n) is 16.5. The maximum atomic E-state index is 12.8. The predicted molar refractivity (Wildman–Crippen MR) is 115 cm³/mol. The van der Waals surface area contributed by atoms with Crippen LogP contribution in [0.15, 0.2) is 42.5 Å². The molecule has 1 amide bonds. The van der Waals surface area contributed by atoms with Crippen LogP contribution in [0.3, 0.4) is 0 Å². The molecule has 0 aliphatic carbocycles. The molecule has 1 N–H and O–H groups in total. The summed E-state index contributed by atoms with van der Waals surface area (Å²) in [5.41, 5.74) is 0.757. The van der Waals surface area contributed by atoms with Crippen molar-refractivity contribution in [2.24, 2.45) is 5.92 Å². The molecule has 174 valence electrons. The number of nitrogens with zero attached hydrogens (tertiary/aromatic N) is 1. The van der Waals surface area contributed by atoms with E-state index in [2.05, 4.69) is 10.1 Å². The molecular weight excluding hydrogens is 492 g/mol. The van der Waals surface area contributed by atoms with Crippen LogP contribution < -0.4 is 10.1 Å². The number of carbonyl (C=O) groups is 1. The lowest BCUT2D eigenvalue weighted by molar-refractivity contribution is -0.274. The SMILES string of the molecule is O=C(Nc1ccc(OC(F)(F)F)cc1)[C@H]1CCCN(S(=O)(=O)Cc2ccc(Cl)c(Cl)c2)C1. The van der Waals surface area contributed by atoms with Gasteiger partial charge in [0.25, 0.3) is 0 Å². The highest BCUT2D eigenvalue weighted by Crippen LogP contribution is 2.27. The number of anilines is 1. The van der Waals surface area contributed by atoms with E-state index in [-0.39, 0.29) is 29.6 Å². The number of carbonyl (C=O) groups excluding carboxylic acids is 1. The first-order valence-electron chi connectivity index (χ1n) is 9.51. The molecule has 0 aromatic heterocycles. The summed E-state index contributed by atoms with van der Waals surface area (Å²) < 4.78 is 67.5. The van der Waals surface area contributed by atoms with Crippen LogP contribution in [0.4, 0.5) is 18.9 Å². The van der Waals surface area contributed by atoms with E-state index >= 15 is 0 Å². The number of piperidine rings is 1. The van der Waals surface area contributed by atoms with Crippen molar-refractivity contribution in [3.8, 4) is 5.75 Å². The van der Waals surface area contributed by atoms with Gasteiger partial charge in [0.1, 0.15) is 5.75 Å². The monoisotopic (exact) mass is 510 g/mol. The Kier molecular flexibility index (Phi) is 7.59. The first kappa shape index (κ1) is 24.6. The van der Waals surface area contributed by atoms with E-state index in [0.29, 0.717) is 23.4 Å². The number of hydrogen-bond acceptors (Lipinski definition) is 4. The summed E-state index contributed by atoms with van der Waals surface area (Å²) >= 11 is 11.8.